The van der Waals surface area contributed by atoms with Crippen molar-refractivity contribution in [2.24, 2.45) is 12.8 Å². The van der Waals surface area contributed by atoms with Crippen LogP contribution in [0.3, 0.4) is 0 Å². The highest BCUT2D eigenvalue weighted by molar-refractivity contribution is 5.86. The van der Waals surface area contributed by atoms with Crippen LogP contribution in [0.1, 0.15) is 17.7 Å². The Kier molecular flexibility index (Phi) is 3.38. The van der Waals surface area contributed by atoms with Crippen molar-refractivity contribution < 1.29 is 4.74 Å². The monoisotopic (exact) mass is 232 g/mol. The molecule has 0 aliphatic heterocycles. The van der Waals surface area contributed by atoms with E-state index in [1.165, 1.54) is 22.2 Å². The molecule has 1 aromatic heterocycles. The van der Waals surface area contributed by atoms with Crippen molar-refractivity contribution in [3.8, 4) is 5.75 Å². The van der Waals surface area contributed by atoms with Gasteiger partial charge in [0.25, 0.3) is 0 Å². The molecule has 0 saturated heterocycles. The van der Waals surface area contributed by atoms with E-state index in [0.29, 0.717) is 0 Å². The number of hydrogen-bond donors (Lipinski definition) is 1. The second-order valence-corrected chi connectivity index (χ2v) is 4.41. The number of nitrogens with two attached hydrogens (primary N) is 1. The molecule has 17 heavy (non-hydrogen) atoms. The van der Waals surface area contributed by atoms with Gasteiger partial charge in [-0.1, -0.05) is 0 Å². The summed E-state index contributed by atoms with van der Waals surface area (Å²) in [6.07, 6.45) is 2.07. The molecular formula is C14H20N2O. The van der Waals surface area contributed by atoms with E-state index in [2.05, 4.69) is 30.7 Å². The summed E-state index contributed by atoms with van der Waals surface area (Å²) in [6, 6.07) is 6.24. The maximum atomic E-state index is 5.59. The van der Waals surface area contributed by atoms with Gasteiger partial charge in [-0.05, 0) is 44.0 Å². The third-order valence-corrected chi connectivity index (χ3v) is 3.43. The number of ether oxygens (including phenoxy) is 1. The fourth-order valence-corrected chi connectivity index (χ4v) is 2.41. The molecule has 2 rings (SSSR count). The molecule has 0 atom stereocenters. The number of aryl methyl sites for hydroxylation is 2. The molecule has 2 N–H and O–H groups in total. The van der Waals surface area contributed by atoms with Crippen LogP contribution in [0.2, 0.25) is 0 Å². The summed E-state index contributed by atoms with van der Waals surface area (Å²) in [5.74, 6) is 0.906. The Morgan fingerprint density at radius 3 is 2.76 bits per heavy atom. The summed E-state index contributed by atoms with van der Waals surface area (Å²) in [5, 5.41) is 1.31. The van der Waals surface area contributed by atoms with Crippen LogP contribution in [0.5, 0.6) is 5.75 Å². The van der Waals surface area contributed by atoms with Gasteiger partial charge in [0.1, 0.15) is 5.75 Å². The van der Waals surface area contributed by atoms with Crippen LogP contribution in [0.15, 0.2) is 18.2 Å². The number of methoxy groups -OCH3 is 1. The zero-order chi connectivity index (χ0) is 12.4. The summed E-state index contributed by atoms with van der Waals surface area (Å²) < 4.78 is 7.53. The first-order valence-corrected chi connectivity index (χ1v) is 6.01. The largest absolute Gasteiger partial charge is 0.497 e. The maximum absolute atomic E-state index is 5.59. The van der Waals surface area contributed by atoms with Gasteiger partial charge in [0, 0.05) is 24.2 Å². The second-order valence-electron chi connectivity index (χ2n) is 4.41. The third kappa shape index (κ3) is 2.03. The Bertz CT molecular complexity index is 528. The quantitative estimate of drug-likeness (QED) is 0.879. The first-order valence-electron chi connectivity index (χ1n) is 6.01. The second kappa shape index (κ2) is 4.80. The standard InChI is InChI=1S/C14H20N2O/c1-10-12-7-6-11(17-3)9-14(12)16(2)13(10)5-4-8-15/h6-7,9H,4-5,8,15H2,1-3H3. The number of rotatable bonds is 4. The average molecular weight is 232 g/mol. The van der Waals surface area contributed by atoms with Gasteiger partial charge >= 0.3 is 0 Å². The molecule has 0 spiro atoms. The van der Waals surface area contributed by atoms with Gasteiger partial charge in [-0.15, -0.1) is 0 Å². The highest BCUT2D eigenvalue weighted by Crippen LogP contribution is 2.28. The van der Waals surface area contributed by atoms with Crippen molar-refractivity contribution in [1.29, 1.82) is 0 Å². The van der Waals surface area contributed by atoms with Crippen LogP contribution in [0.4, 0.5) is 0 Å². The van der Waals surface area contributed by atoms with E-state index in [9.17, 15) is 0 Å². The van der Waals surface area contributed by atoms with Crippen LogP contribution in [0.25, 0.3) is 10.9 Å². The topological polar surface area (TPSA) is 40.2 Å². The lowest BCUT2D eigenvalue weighted by atomic mass is 10.1. The molecule has 3 heteroatoms. The van der Waals surface area contributed by atoms with Gasteiger partial charge in [0.15, 0.2) is 0 Å². The number of benzene rings is 1. The summed E-state index contributed by atoms with van der Waals surface area (Å²) in [7, 11) is 3.81. The van der Waals surface area contributed by atoms with E-state index in [1.54, 1.807) is 7.11 Å². The molecule has 1 aromatic carbocycles. The Hall–Kier alpha value is -1.48. The van der Waals surface area contributed by atoms with E-state index in [-0.39, 0.29) is 0 Å². The van der Waals surface area contributed by atoms with E-state index in [1.807, 2.05) is 6.07 Å². The van der Waals surface area contributed by atoms with Gasteiger partial charge in [-0.3, -0.25) is 0 Å². The fourth-order valence-electron chi connectivity index (χ4n) is 2.41. The molecule has 0 radical (unpaired) electrons. The normalized spacial score (nSPS) is 11.1. The molecule has 1 heterocycles. The van der Waals surface area contributed by atoms with E-state index < -0.39 is 0 Å². The van der Waals surface area contributed by atoms with Gasteiger partial charge in [-0.25, -0.2) is 0 Å². The molecule has 0 saturated carbocycles. The zero-order valence-electron chi connectivity index (χ0n) is 10.8. The molecule has 0 aliphatic rings. The highest BCUT2D eigenvalue weighted by Gasteiger charge is 2.11. The lowest BCUT2D eigenvalue weighted by Crippen LogP contribution is -2.04. The summed E-state index contributed by atoms with van der Waals surface area (Å²) >= 11 is 0. The van der Waals surface area contributed by atoms with Crippen LogP contribution in [-0.2, 0) is 13.5 Å². The lowest BCUT2D eigenvalue weighted by molar-refractivity contribution is 0.415. The van der Waals surface area contributed by atoms with Crippen molar-refractivity contribution in [2.75, 3.05) is 13.7 Å². The summed E-state index contributed by atoms with van der Waals surface area (Å²) in [6.45, 7) is 2.92. The Morgan fingerprint density at radius 1 is 1.35 bits per heavy atom. The van der Waals surface area contributed by atoms with Crippen molar-refractivity contribution in [3.63, 3.8) is 0 Å². The average Bonchev–Trinajstić information content (AvgIpc) is 2.59. The molecule has 0 unspecified atom stereocenters. The first kappa shape index (κ1) is 12.0. The van der Waals surface area contributed by atoms with E-state index in [4.69, 9.17) is 10.5 Å². The minimum Gasteiger partial charge on any atom is -0.497 e. The number of fused-ring (bicyclic) bond motifs is 1. The highest BCUT2D eigenvalue weighted by atomic mass is 16.5. The van der Waals surface area contributed by atoms with Crippen molar-refractivity contribution in [2.45, 2.75) is 19.8 Å². The van der Waals surface area contributed by atoms with Gasteiger partial charge < -0.3 is 15.0 Å². The summed E-state index contributed by atoms with van der Waals surface area (Å²) in [5.41, 5.74) is 9.55. The Balaban J connectivity index is 2.54. The molecular weight excluding hydrogens is 212 g/mol. The smallest absolute Gasteiger partial charge is 0.120 e. The molecule has 0 amide bonds. The molecule has 92 valence electrons. The van der Waals surface area contributed by atoms with Gasteiger partial charge in [0.05, 0.1) is 12.6 Å². The van der Waals surface area contributed by atoms with Crippen LogP contribution < -0.4 is 10.5 Å². The third-order valence-electron chi connectivity index (χ3n) is 3.43. The Labute approximate surface area is 102 Å². The van der Waals surface area contributed by atoms with Gasteiger partial charge in [0.2, 0.25) is 0 Å². The molecule has 0 bridgehead atoms. The van der Waals surface area contributed by atoms with E-state index in [0.717, 1.165) is 25.1 Å². The first-order chi connectivity index (χ1) is 8.19. The van der Waals surface area contributed by atoms with Gasteiger partial charge in [-0.2, -0.15) is 0 Å². The maximum Gasteiger partial charge on any atom is 0.120 e. The minimum absolute atomic E-state index is 0.740. The van der Waals surface area contributed by atoms with Crippen LogP contribution in [-0.4, -0.2) is 18.2 Å². The lowest BCUT2D eigenvalue weighted by Gasteiger charge is -2.05. The van der Waals surface area contributed by atoms with Crippen LogP contribution in [0, 0.1) is 6.92 Å². The minimum atomic E-state index is 0.740. The number of nitrogens with zero attached hydrogens (tertiary/aromatic N) is 1. The Morgan fingerprint density at radius 2 is 2.12 bits per heavy atom. The predicted molar refractivity (Wildman–Crippen MR) is 71.6 cm³/mol. The van der Waals surface area contributed by atoms with Crippen molar-refractivity contribution in [3.05, 3.63) is 29.5 Å². The molecule has 0 fully saturated rings. The fraction of sp³-hybridized carbons (Fsp3) is 0.429. The number of hydrogen-bond acceptors (Lipinski definition) is 2. The van der Waals surface area contributed by atoms with Crippen LogP contribution >= 0.6 is 0 Å². The molecule has 2 aromatic rings. The SMILES string of the molecule is COc1ccc2c(C)c(CCCN)n(C)c2c1. The zero-order valence-corrected chi connectivity index (χ0v) is 10.8. The van der Waals surface area contributed by atoms with E-state index >= 15 is 0 Å². The van der Waals surface area contributed by atoms with Crippen molar-refractivity contribution >= 4 is 10.9 Å². The summed E-state index contributed by atoms with van der Waals surface area (Å²) in [4.78, 5) is 0. The molecule has 3 nitrogen and oxygen atoms in total. The molecule has 0 aliphatic carbocycles. The number of aromatic nitrogens is 1. The van der Waals surface area contributed by atoms with Crippen molar-refractivity contribution in [1.82, 2.24) is 4.57 Å². The predicted octanol–water partition coefficient (Wildman–Crippen LogP) is 2.39.